The van der Waals surface area contributed by atoms with Crippen molar-refractivity contribution in [3.05, 3.63) is 12.2 Å². The summed E-state index contributed by atoms with van der Waals surface area (Å²) >= 11 is 0. The van der Waals surface area contributed by atoms with Crippen LogP contribution >= 0.6 is 0 Å². The van der Waals surface area contributed by atoms with Crippen molar-refractivity contribution in [3.8, 4) is 0 Å². The molecule has 0 aliphatic heterocycles. The molecule has 0 bridgehead atoms. The Bertz CT molecular complexity index is 236. The van der Waals surface area contributed by atoms with Crippen LogP contribution in [0.2, 0.25) is 0 Å². The summed E-state index contributed by atoms with van der Waals surface area (Å²) in [7, 11) is 0. The van der Waals surface area contributed by atoms with Gasteiger partial charge in [0.25, 0.3) is 0 Å². The van der Waals surface area contributed by atoms with Gasteiger partial charge in [-0.15, -0.1) is 0 Å². The maximum Gasteiger partial charge on any atom is 0.303 e. The molecule has 0 aromatic rings. The van der Waals surface area contributed by atoms with Gasteiger partial charge in [0.2, 0.25) is 0 Å². The van der Waals surface area contributed by atoms with Gasteiger partial charge in [-0.1, -0.05) is 37.8 Å². The van der Waals surface area contributed by atoms with Gasteiger partial charge in [-0.3, -0.25) is 9.59 Å². The molecule has 0 radical (unpaired) electrons. The van der Waals surface area contributed by atoms with Gasteiger partial charge in [0.1, 0.15) is 0 Å². The predicted molar refractivity (Wildman–Crippen MR) is 75.5 cm³/mol. The Morgan fingerprint density at radius 1 is 0.650 bits per heavy atom. The summed E-state index contributed by atoms with van der Waals surface area (Å²) in [6, 6.07) is 0. The van der Waals surface area contributed by atoms with E-state index >= 15 is 0 Å². The Hall–Kier alpha value is -1.40. The monoisotopic (exact) mass is 290 g/mol. The molecule has 0 aliphatic rings. The Balaban J connectivity index is 0. The lowest BCUT2D eigenvalue weighted by molar-refractivity contribution is -0.138. The largest absolute Gasteiger partial charge is 0.481 e. The molecule has 0 atom stereocenters. The second-order valence-electron chi connectivity index (χ2n) is 4.25. The molecular formula is C14H26O6. The van der Waals surface area contributed by atoms with E-state index in [1.807, 2.05) is 0 Å². The fourth-order valence-electron chi connectivity index (χ4n) is 1.41. The number of hydrogen-bond donors (Lipinski definition) is 4. The number of aliphatic hydroxyl groups excluding tert-OH is 2. The van der Waals surface area contributed by atoms with Gasteiger partial charge >= 0.3 is 11.9 Å². The van der Waals surface area contributed by atoms with Crippen molar-refractivity contribution in [2.24, 2.45) is 0 Å². The zero-order valence-electron chi connectivity index (χ0n) is 11.8. The minimum absolute atomic E-state index is 0.0144. The molecule has 0 aliphatic carbocycles. The first-order valence-electron chi connectivity index (χ1n) is 6.84. The molecule has 6 heteroatoms. The maximum atomic E-state index is 10.1. The molecule has 118 valence electrons. The lowest BCUT2D eigenvalue weighted by atomic mass is 10.1. The predicted octanol–water partition coefficient (Wildman–Crippen LogP) is 1.80. The highest BCUT2D eigenvalue weighted by atomic mass is 16.4. The number of aliphatic hydroxyl groups is 2. The third-order valence-electron chi connectivity index (χ3n) is 2.41. The molecule has 6 nitrogen and oxygen atoms in total. The van der Waals surface area contributed by atoms with Crippen LogP contribution in [0, 0.1) is 0 Å². The van der Waals surface area contributed by atoms with Crippen LogP contribution in [0.15, 0.2) is 12.2 Å². The maximum absolute atomic E-state index is 10.1. The lowest BCUT2D eigenvalue weighted by Crippen LogP contribution is -1.94. The van der Waals surface area contributed by atoms with Gasteiger partial charge in [-0.2, -0.15) is 0 Å². The van der Waals surface area contributed by atoms with E-state index in [4.69, 9.17) is 20.4 Å². The number of carboxylic acid groups (broad SMARTS) is 2. The van der Waals surface area contributed by atoms with E-state index < -0.39 is 11.9 Å². The van der Waals surface area contributed by atoms with Gasteiger partial charge in [-0.05, 0) is 12.8 Å². The van der Waals surface area contributed by atoms with Crippen LogP contribution in [0.25, 0.3) is 0 Å². The molecule has 0 saturated carbocycles. The van der Waals surface area contributed by atoms with Crippen molar-refractivity contribution in [3.63, 3.8) is 0 Å². The first-order valence-corrected chi connectivity index (χ1v) is 6.84. The molecule has 0 heterocycles. The summed E-state index contributed by atoms with van der Waals surface area (Å²) < 4.78 is 0. The second-order valence-corrected chi connectivity index (χ2v) is 4.25. The van der Waals surface area contributed by atoms with E-state index in [1.54, 1.807) is 0 Å². The minimum Gasteiger partial charge on any atom is -0.481 e. The summed E-state index contributed by atoms with van der Waals surface area (Å²) in [4.78, 5) is 20.3. The standard InChI is InChI=1S/C10H18O4.C4H8O2/c11-9(12)7-5-3-1-2-4-6-8-10(13)14;5-3-1-2-4-6/h1-8H2,(H,11,12)(H,13,14);1-2,5-6H,3-4H2. The number of rotatable bonds is 11. The molecule has 0 saturated heterocycles. The Morgan fingerprint density at radius 2 is 0.950 bits per heavy atom. The third kappa shape index (κ3) is 25.4. The lowest BCUT2D eigenvalue weighted by Gasteiger charge is -1.98. The van der Waals surface area contributed by atoms with Crippen LogP contribution < -0.4 is 0 Å². The summed E-state index contributed by atoms with van der Waals surface area (Å²) in [5.74, 6) is -1.48. The smallest absolute Gasteiger partial charge is 0.303 e. The van der Waals surface area contributed by atoms with E-state index in [1.165, 1.54) is 12.2 Å². The van der Waals surface area contributed by atoms with Crippen molar-refractivity contribution >= 4 is 11.9 Å². The Morgan fingerprint density at radius 3 is 1.20 bits per heavy atom. The number of unbranched alkanes of at least 4 members (excludes halogenated alkanes) is 5. The van der Waals surface area contributed by atoms with Crippen molar-refractivity contribution in [1.82, 2.24) is 0 Å². The highest BCUT2D eigenvalue weighted by Gasteiger charge is 1.98. The van der Waals surface area contributed by atoms with Crippen LogP contribution in [0.3, 0.4) is 0 Å². The van der Waals surface area contributed by atoms with E-state index in [-0.39, 0.29) is 26.1 Å². The zero-order valence-corrected chi connectivity index (χ0v) is 11.8. The van der Waals surface area contributed by atoms with E-state index in [0.29, 0.717) is 0 Å². The summed E-state index contributed by atoms with van der Waals surface area (Å²) in [6.45, 7) is 0.0289. The van der Waals surface area contributed by atoms with E-state index in [9.17, 15) is 9.59 Å². The summed E-state index contributed by atoms with van der Waals surface area (Å²) in [5.41, 5.74) is 0. The van der Waals surface area contributed by atoms with Crippen molar-refractivity contribution in [2.75, 3.05) is 13.2 Å². The highest BCUT2D eigenvalue weighted by Crippen LogP contribution is 2.08. The van der Waals surface area contributed by atoms with Crippen molar-refractivity contribution in [1.29, 1.82) is 0 Å². The molecule has 0 fully saturated rings. The van der Waals surface area contributed by atoms with Crippen LogP contribution in [0.5, 0.6) is 0 Å². The van der Waals surface area contributed by atoms with Crippen LogP contribution in [-0.4, -0.2) is 45.6 Å². The average Bonchev–Trinajstić information content (AvgIpc) is 2.39. The average molecular weight is 290 g/mol. The van der Waals surface area contributed by atoms with Gasteiger partial charge in [0.05, 0.1) is 13.2 Å². The molecule has 20 heavy (non-hydrogen) atoms. The molecule has 0 amide bonds. The normalized spacial score (nSPS) is 10.1. The van der Waals surface area contributed by atoms with Gasteiger partial charge in [0.15, 0.2) is 0 Å². The fourth-order valence-corrected chi connectivity index (χ4v) is 1.41. The third-order valence-corrected chi connectivity index (χ3v) is 2.41. The quantitative estimate of drug-likeness (QED) is 0.341. The minimum atomic E-state index is -0.740. The van der Waals surface area contributed by atoms with Crippen LogP contribution in [-0.2, 0) is 9.59 Å². The van der Waals surface area contributed by atoms with Crippen LogP contribution in [0.1, 0.15) is 51.4 Å². The number of carbonyl (C=O) groups is 2. The molecule has 0 aromatic heterocycles. The van der Waals surface area contributed by atoms with Crippen LogP contribution in [0.4, 0.5) is 0 Å². The van der Waals surface area contributed by atoms with E-state index in [2.05, 4.69) is 0 Å². The summed E-state index contributed by atoms with van der Waals surface area (Å²) in [6.07, 6.45) is 8.80. The molecule has 4 N–H and O–H groups in total. The molecule has 0 rings (SSSR count). The van der Waals surface area contributed by atoms with Crippen molar-refractivity contribution in [2.45, 2.75) is 51.4 Å². The number of aliphatic carboxylic acids is 2. The number of hydrogen-bond acceptors (Lipinski definition) is 4. The molecule has 0 aromatic carbocycles. The van der Waals surface area contributed by atoms with Gasteiger partial charge < -0.3 is 20.4 Å². The topological polar surface area (TPSA) is 115 Å². The van der Waals surface area contributed by atoms with Gasteiger partial charge in [0, 0.05) is 12.8 Å². The van der Waals surface area contributed by atoms with Gasteiger partial charge in [-0.25, -0.2) is 0 Å². The Kier molecular flexibility index (Phi) is 18.4. The second kappa shape index (κ2) is 17.6. The fraction of sp³-hybridized carbons (Fsp3) is 0.714. The molecule has 0 spiro atoms. The SMILES string of the molecule is O=C(O)CCCCCCCCC(=O)O.OCC=CCO. The molecular weight excluding hydrogens is 264 g/mol. The Labute approximate surface area is 119 Å². The summed E-state index contributed by atoms with van der Waals surface area (Å²) in [5, 5.41) is 32.7. The first-order chi connectivity index (χ1) is 9.54. The zero-order chi connectivity index (χ0) is 15.6. The highest BCUT2D eigenvalue weighted by molar-refractivity contribution is 5.66. The number of carboxylic acids is 2. The van der Waals surface area contributed by atoms with E-state index in [0.717, 1.165) is 38.5 Å². The van der Waals surface area contributed by atoms with Crippen molar-refractivity contribution < 1.29 is 30.0 Å². The molecule has 0 unspecified atom stereocenters. The first kappa shape index (κ1) is 20.9.